The Balaban J connectivity index is 1.68. The lowest BCUT2D eigenvalue weighted by Gasteiger charge is -2.12. The number of aromatic amines is 1. The van der Waals surface area contributed by atoms with E-state index in [4.69, 9.17) is 4.74 Å². The smallest absolute Gasteiger partial charge is 0.251 e. The van der Waals surface area contributed by atoms with E-state index in [0.29, 0.717) is 17.9 Å². The zero-order chi connectivity index (χ0) is 16.9. The van der Waals surface area contributed by atoms with Crippen LogP contribution in [0.25, 0.3) is 11.0 Å². The summed E-state index contributed by atoms with van der Waals surface area (Å²) in [5.74, 6) is 1.28. The number of ether oxygens (including phenoxy) is 1. The highest BCUT2D eigenvalue weighted by atomic mass is 16.5. The van der Waals surface area contributed by atoms with Crippen LogP contribution in [0.15, 0.2) is 61.2 Å². The minimum Gasteiger partial charge on any atom is -0.490 e. The zero-order valence-corrected chi connectivity index (χ0v) is 13.5. The van der Waals surface area contributed by atoms with Crippen molar-refractivity contribution in [3.63, 3.8) is 0 Å². The maximum absolute atomic E-state index is 12.4. The molecule has 0 bridgehead atoms. The van der Waals surface area contributed by atoms with Crippen LogP contribution in [-0.4, -0.2) is 22.5 Å². The summed E-state index contributed by atoms with van der Waals surface area (Å²) in [4.78, 5) is 20.1. The molecule has 1 amide bonds. The molecule has 0 radical (unpaired) electrons. The van der Waals surface area contributed by atoms with Gasteiger partial charge in [0.25, 0.3) is 5.91 Å². The lowest BCUT2D eigenvalue weighted by Crippen LogP contribution is -2.27. The van der Waals surface area contributed by atoms with E-state index in [2.05, 4.69) is 21.9 Å². The van der Waals surface area contributed by atoms with Gasteiger partial charge in [0, 0.05) is 5.56 Å². The number of imidazole rings is 1. The van der Waals surface area contributed by atoms with Gasteiger partial charge in [-0.25, -0.2) is 4.98 Å². The minimum absolute atomic E-state index is 0.154. The number of amides is 1. The third-order valence-corrected chi connectivity index (χ3v) is 3.65. The van der Waals surface area contributed by atoms with Crippen molar-refractivity contribution in [3.8, 4) is 5.75 Å². The van der Waals surface area contributed by atoms with Crippen molar-refractivity contribution >= 4 is 16.9 Å². The van der Waals surface area contributed by atoms with Gasteiger partial charge in [-0.1, -0.05) is 24.8 Å². The van der Waals surface area contributed by atoms with Gasteiger partial charge in [0.15, 0.2) is 0 Å². The number of benzene rings is 2. The molecule has 0 spiro atoms. The second kappa shape index (κ2) is 7.00. The molecule has 3 aromatic rings. The van der Waals surface area contributed by atoms with Crippen LogP contribution < -0.4 is 10.1 Å². The molecule has 0 saturated heterocycles. The van der Waals surface area contributed by atoms with Gasteiger partial charge in [0.2, 0.25) is 0 Å². The van der Waals surface area contributed by atoms with Crippen LogP contribution in [0.1, 0.15) is 29.1 Å². The summed E-state index contributed by atoms with van der Waals surface area (Å²) in [6.07, 6.45) is 1.68. The molecule has 0 fully saturated rings. The van der Waals surface area contributed by atoms with Crippen LogP contribution in [0.5, 0.6) is 5.75 Å². The molecule has 2 N–H and O–H groups in total. The molecule has 5 heteroatoms. The fraction of sp³-hybridized carbons (Fsp3) is 0.158. The van der Waals surface area contributed by atoms with E-state index in [1.54, 1.807) is 30.3 Å². The molecule has 24 heavy (non-hydrogen) atoms. The van der Waals surface area contributed by atoms with Crippen molar-refractivity contribution in [1.29, 1.82) is 0 Å². The van der Waals surface area contributed by atoms with Gasteiger partial charge in [0.1, 0.15) is 18.2 Å². The summed E-state index contributed by atoms with van der Waals surface area (Å²) in [6.45, 7) is 5.94. The number of nitrogens with zero attached hydrogens (tertiary/aromatic N) is 1. The van der Waals surface area contributed by atoms with Crippen molar-refractivity contribution in [2.24, 2.45) is 0 Å². The maximum atomic E-state index is 12.4. The largest absolute Gasteiger partial charge is 0.490 e. The van der Waals surface area contributed by atoms with Crippen LogP contribution in [0.2, 0.25) is 0 Å². The van der Waals surface area contributed by atoms with Crippen molar-refractivity contribution < 1.29 is 9.53 Å². The summed E-state index contributed by atoms with van der Waals surface area (Å²) >= 11 is 0. The van der Waals surface area contributed by atoms with Gasteiger partial charge in [0.05, 0.1) is 17.1 Å². The Morgan fingerprint density at radius 3 is 2.75 bits per heavy atom. The first-order valence-electron chi connectivity index (χ1n) is 7.76. The normalized spacial score (nSPS) is 11.9. The molecule has 122 valence electrons. The molecule has 1 atom stereocenters. The van der Waals surface area contributed by atoms with Crippen LogP contribution in [-0.2, 0) is 0 Å². The third-order valence-electron chi connectivity index (χ3n) is 3.65. The lowest BCUT2D eigenvalue weighted by atomic mass is 10.2. The first kappa shape index (κ1) is 15.8. The number of hydrogen-bond acceptors (Lipinski definition) is 3. The molecule has 0 aliphatic carbocycles. The Kier molecular flexibility index (Phi) is 4.61. The van der Waals surface area contributed by atoms with E-state index in [9.17, 15) is 4.79 Å². The summed E-state index contributed by atoms with van der Waals surface area (Å²) in [7, 11) is 0. The van der Waals surface area contributed by atoms with Gasteiger partial charge in [-0.2, -0.15) is 0 Å². The highest BCUT2D eigenvalue weighted by molar-refractivity contribution is 5.94. The van der Waals surface area contributed by atoms with Crippen LogP contribution in [0.4, 0.5) is 0 Å². The molecule has 2 aromatic carbocycles. The van der Waals surface area contributed by atoms with Crippen LogP contribution >= 0.6 is 0 Å². The number of carbonyl (C=O) groups excluding carboxylic acids is 1. The summed E-state index contributed by atoms with van der Waals surface area (Å²) in [5, 5.41) is 2.95. The number of hydrogen-bond donors (Lipinski definition) is 2. The first-order chi connectivity index (χ1) is 11.7. The second-order valence-electron chi connectivity index (χ2n) is 5.46. The number of aromatic nitrogens is 2. The lowest BCUT2D eigenvalue weighted by molar-refractivity contribution is 0.0938. The van der Waals surface area contributed by atoms with Crippen molar-refractivity contribution in [2.75, 3.05) is 6.61 Å². The molecule has 1 aromatic heterocycles. The highest BCUT2D eigenvalue weighted by Crippen LogP contribution is 2.17. The van der Waals surface area contributed by atoms with Gasteiger partial charge in [-0.3, -0.25) is 4.79 Å². The fourth-order valence-electron chi connectivity index (χ4n) is 2.38. The Morgan fingerprint density at radius 1 is 1.29 bits per heavy atom. The standard InChI is InChI=1S/C19H19N3O2/c1-3-12-24-15-10-8-14(9-11-15)19(23)20-13(2)18-21-16-6-4-5-7-17(16)22-18/h3-11,13H,1,12H2,2H3,(H,20,23)(H,21,22). The summed E-state index contributed by atoms with van der Waals surface area (Å²) in [5.41, 5.74) is 2.42. The van der Waals surface area contributed by atoms with Crippen molar-refractivity contribution in [2.45, 2.75) is 13.0 Å². The Hall–Kier alpha value is -3.08. The Labute approximate surface area is 140 Å². The maximum Gasteiger partial charge on any atom is 0.251 e. The van der Waals surface area contributed by atoms with Crippen LogP contribution in [0, 0.1) is 0 Å². The summed E-state index contributed by atoms with van der Waals surface area (Å²) < 4.78 is 5.41. The quantitative estimate of drug-likeness (QED) is 0.681. The monoisotopic (exact) mass is 321 g/mol. The van der Waals surface area contributed by atoms with Gasteiger partial charge < -0.3 is 15.0 Å². The van der Waals surface area contributed by atoms with E-state index >= 15 is 0 Å². The molecular weight excluding hydrogens is 302 g/mol. The van der Waals surface area contributed by atoms with E-state index in [-0.39, 0.29) is 11.9 Å². The summed E-state index contributed by atoms with van der Waals surface area (Å²) in [6, 6.07) is 14.6. The average Bonchev–Trinajstić information content (AvgIpc) is 3.04. The van der Waals surface area contributed by atoms with Crippen molar-refractivity contribution in [3.05, 3.63) is 72.6 Å². The second-order valence-corrected chi connectivity index (χ2v) is 5.46. The number of rotatable bonds is 6. The molecule has 0 aliphatic rings. The zero-order valence-electron chi connectivity index (χ0n) is 13.5. The number of carbonyl (C=O) groups is 1. The molecule has 5 nitrogen and oxygen atoms in total. The predicted octanol–water partition coefficient (Wildman–Crippen LogP) is 3.62. The van der Waals surface area contributed by atoms with Crippen LogP contribution in [0.3, 0.4) is 0 Å². The molecule has 3 rings (SSSR count). The Bertz CT molecular complexity index is 819. The van der Waals surface area contributed by atoms with Gasteiger partial charge in [-0.15, -0.1) is 0 Å². The molecular formula is C19H19N3O2. The molecule has 1 heterocycles. The minimum atomic E-state index is -0.221. The van der Waals surface area contributed by atoms with Gasteiger partial charge >= 0.3 is 0 Å². The topological polar surface area (TPSA) is 67.0 Å². The van der Waals surface area contributed by atoms with E-state index < -0.39 is 0 Å². The SMILES string of the molecule is C=CCOc1ccc(C(=O)NC(C)c2nc3ccccc3[nH]2)cc1. The molecule has 0 saturated carbocycles. The third kappa shape index (κ3) is 3.46. The Morgan fingerprint density at radius 2 is 2.04 bits per heavy atom. The first-order valence-corrected chi connectivity index (χ1v) is 7.76. The van der Waals surface area contributed by atoms with E-state index in [1.807, 2.05) is 31.2 Å². The van der Waals surface area contributed by atoms with E-state index in [1.165, 1.54) is 0 Å². The number of para-hydroxylation sites is 2. The number of nitrogens with one attached hydrogen (secondary N) is 2. The van der Waals surface area contributed by atoms with E-state index in [0.717, 1.165) is 16.9 Å². The molecule has 1 unspecified atom stereocenters. The fourth-order valence-corrected chi connectivity index (χ4v) is 2.38. The van der Waals surface area contributed by atoms with Crippen molar-refractivity contribution in [1.82, 2.24) is 15.3 Å². The average molecular weight is 321 g/mol. The highest BCUT2D eigenvalue weighted by Gasteiger charge is 2.14. The van der Waals surface area contributed by atoms with Gasteiger partial charge in [-0.05, 0) is 43.3 Å². The molecule has 0 aliphatic heterocycles. The number of H-pyrrole nitrogens is 1. The predicted molar refractivity (Wildman–Crippen MR) is 94.1 cm³/mol. The number of fused-ring (bicyclic) bond motifs is 1.